The first kappa shape index (κ1) is 23.0. The number of rotatable bonds is 4. The second kappa shape index (κ2) is 9.46. The van der Waals surface area contributed by atoms with E-state index in [-0.39, 0.29) is 17.6 Å². The number of nitrogens with zero attached hydrogens (tertiary/aromatic N) is 5. The Bertz CT molecular complexity index is 1200. The van der Waals surface area contributed by atoms with Crippen LogP contribution in [0.25, 0.3) is 15.9 Å². The number of fused-ring (bicyclic) bond motifs is 1. The highest BCUT2D eigenvalue weighted by Crippen LogP contribution is 2.31. The summed E-state index contributed by atoms with van der Waals surface area (Å²) in [4.78, 5) is 33.6. The number of aryl methyl sites for hydroxylation is 1. The van der Waals surface area contributed by atoms with Crippen molar-refractivity contribution in [2.45, 2.75) is 39.2 Å². The molecule has 2 fully saturated rings. The number of carbonyl (C=O) groups excluding carboxylic acids is 2. The Hall–Kier alpha value is -2.78. The van der Waals surface area contributed by atoms with Crippen molar-refractivity contribution >= 4 is 33.4 Å². The van der Waals surface area contributed by atoms with Crippen LogP contribution in [-0.4, -0.2) is 81.6 Å². The van der Waals surface area contributed by atoms with Gasteiger partial charge in [0.2, 0.25) is 5.91 Å². The lowest BCUT2D eigenvalue weighted by Gasteiger charge is -2.38. The monoisotopic (exact) mass is 483 g/mol. The molecule has 2 amide bonds. The fourth-order valence-electron chi connectivity index (χ4n) is 4.93. The number of piperazine rings is 1. The molecule has 2 aliphatic rings. The molecule has 0 spiro atoms. The molecule has 34 heavy (non-hydrogen) atoms. The minimum Gasteiger partial charge on any atom is -0.339 e. The summed E-state index contributed by atoms with van der Waals surface area (Å²) < 4.78 is 15.1. The zero-order valence-corrected chi connectivity index (χ0v) is 20.5. The molecule has 2 aliphatic heterocycles. The summed E-state index contributed by atoms with van der Waals surface area (Å²) >= 11 is 1.42. The highest BCUT2D eigenvalue weighted by molar-refractivity contribution is 7.20. The molecule has 2 saturated heterocycles. The molecule has 1 atom stereocenters. The molecule has 1 unspecified atom stereocenters. The van der Waals surface area contributed by atoms with E-state index in [1.165, 1.54) is 29.9 Å². The number of aromatic nitrogens is 2. The van der Waals surface area contributed by atoms with Crippen molar-refractivity contribution < 1.29 is 14.0 Å². The van der Waals surface area contributed by atoms with Gasteiger partial charge in [-0.2, -0.15) is 5.10 Å². The van der Waals surface area contributed by atoms with Crippen LogP contribution in [0.1, 0.15) is 41.6 Å². The van der Waals surface area contributed by atoms with Crippen molar-refractivity contribution in [2.24, 2.45) is 0 Å². The quantitative estimate of drug-likeness (QED) is 0.568. The zero-order valence-electron chi connectivity index (χ0n) is 19.7. The predicted molar refractivity (Wildman–Crippen MR) is 131 cm³/mol. The van der Waals surface area contributed by atoms with E-state index in [1.807, 2.05) is 22.8 Å². The molecule has 9 heteroatoms. The van der Waals surface area contributed by atoms with E-state index in [1.54, 1.807) is 16.8 Å². The van der Waals surface area contributed by atoms with Crippen molar-refractivity contribution in [2.75, 3.05) is 39.3 Å². The number of thiophene rings is 1. The van der Waals surface area contributed by atoms with Crippen LogP contribution in [0.5, 0.6) is 0 Å². The van der Waals surface area contributed by atoms with Gasteiger partial charge in [0.15, 0.2) is 0 Å². The number of hydrogen-bond donors (Lipinski definition) is 0. The average molecular weight is 484 g/mol. The van der Waals surface area contributed by atoms with Gasteiger partial charge in [-0.05, 0) is 63.4 Å². The summed E-state index contributed by atoms with van der Waals surface area (Å²) in [6.07, 6.45) is 3.37. The lowest BCUT2D eigenvalue weighted by Crippen LogP contribution is -2.53. The van der Waals surface area contributed by atoms with Gasteiger partial charge in [-0.1, -0.05) is 0 Å². The second-order valence-electron chi connectivity index (χ2n) is 9.30. The minimum atomic E-state index is -0.294. The van der Waals surface area contributed by atoms with Gasteiger partial charge >= 0.3 is 0 Å². The Morgan fingerprint density at radius 3 is 2.53 bits per heavy atom. The molecule has 3 aromatic rings. The van der Waals surface area contributed by atoms with E-state index in [4.69, 9.17) is 0 Å². The van der Waals surface area contributed by atoms with Gasteiger partial charge in [0.1, 0.15) is 10.6 Å². The number of halogens is 1. The first-order chi connectivity index (χ1) is 16.4. The number of amides is 2. The summed E-state index contributed by atoms with van der Waals surface area (Å²) in [6, 6.07) is 8.44. The molecule has 0 saturated carbocycles. The molecule has 0 bridgehead atoms. The standard InChI is InChI=1S/C25H30FN5O2S/c1-17-5-3-4-10-30(17)23(32)16-28-11-13-29(14-12-28)24(33)22-15-21-18(2)27-31(25(21)34-22)20-8-6-19(26)7-9-20/h6-9,15,17H,3-5,10-14,16H2,1-2H3. The molecule has 180 valence electrons. The Labute approximate surface area is 202 Å². The molecule has 0 radical (unpaired) electrons. The molecular formula is C25H30FN5O2S. The van der Waals surface area contributed by atoms with Gasteiger partial charge in [0.05, 0.1) is 22.8 Å². The van der Waals surface area contributed by atoms with Crippen molar-refractivity contribution in [3.63, 3.8) is 0 Å². The van der Waals surface area contributed by atoms with Crippen molar-refractivity contribution in [3.8, 4) is 5.69 Å². The fourth-order valence-corrected chi connectivity index (χ4v) is 6.08. The maximum Gasteiger partial charge on any atom is 0.264 e. The van der Waals surface area contributed by atoms with Crippen LogP contribution in [0.4, 0.5) is 4.39 Å². The van der Waals surface area contributed by atoms with Crippen LogP contribution < -0.4 is 0 Å². The van der Waals surface area contributed by atoms with Crippen LogP contribution in [0.2, 0.25) is 0 Å². The molecule has 0 N–H and O–H groups in total. The average Bonchev–Trinajstić information content (AvgIpc) is 3.40. The smallest absolute Gasteiger partial charge is 0.264 e. The predicted octanol–water partition coefficient (Wildman–Crippen LogP) is 3.69. The van der Waals surface area contributed by atoms with Gasteiger partial charge in [-0.25, -0.2) is 9.07 Å². The van der Waals surface area contributed by atoms with E-state index in [2.05, 4.69) is 16.9 Å². The number of benzene rings is 1. The Kier molecular flexibility index (Phi) is 6.40. The van der Waals surface area contributed by atoms with Gasteiger partial charge in [0, 0.05) is 44.2 Å². The molecule has 4 heterocycles. The van der Waals surface area contributed by atoms with Crippen LogP contribution in [0, 0.1) is 12.7 Å². The topological polar surface area (TPSA) is 61.7 Å². The minimum absolute atomic E-state index is 0.0156. The zero-order chi connectivity index (χ0) is 23.8. The summed E-state index contributed by atoms with van der Waals surface area (Å²) in [5.41, 5.74) is 1.60. The van der Waals surface area contributed by atoms with Crippen LogP contribution in [-0.2, 0) is 4.79 Å². The summed E-state index contributed by atoms with van der Waals surface area (Å²) in [7, 11) is 0. The lowest BCUT2D eigenvalue weighted by molar-refractivity contribution is -0.136. The largest absolute Gasteiger partial charge is 0.339 e. The highest BCUT2D eigenvalue weighted by Gasteiger charge is 2.28. The summed E-state index contributed by atoms with van der Waals surface area (Å²) in [5.74, 6) is -0.0728. The van der Waals surface area contributed by atoms with E-state index in [9.17, 15) is 14.0 Å². The van der Waals surface area contributed by atoms with Crippen molar-refractivity contribution in [1.29, 1.82) is 0 Å². The first-order valence-corrected chi connectivity index (χ1v) is 12.8. The maximum absolute atomic E-state index is 13.3. The number of hydrogen-bond acceptors (Lipinski definition) is 5. The summed E-state index contributed by atoms with van der Waals surface area (Å²) in [6.45, 7) is 7.97. The van der Waals surface area contributed by atoms with E-state index < -0.39 is 0 Å². The number of likely N-dealkylation sites (tertiary alicyclic amines) is 1. The van der Waals surface area contributed by atoms with Crippen LogP contribution in [0.15, 0.2) is 30.3 Å². The third-order valence-corrected chi connectivity index (χ3v) is 8.07. The van der Waals surface area contributed by atoms with Crippen LogP contribution >= 0.6 is 11.3 Å². The SMILES string of the molecule is Cc1nn(-c2ccc(F)cc2)c2sc(C(=O)N3CCN(CC(=O)N4CCCCC4C)CC3)cc12. The van der Waals surface area contributed by atoms with E-state index >= 15 is 0 Å². The van der Waals surface area contributed by atoms with E-state index in [0.717, 1.165) is 41.0 Å². The van der Waals surface area contributed by atoms with Gasteiger partial charge in [-0.15, -0.1) is 11.3 Å². The number of piperidine rings is 1. The summed E-state index contributed by atoms with van der Waals surface area (Å²) in [5, 5.41) is 5.52. The third-order valence-electron chi connectivity index (χ3n) is 6.97. The molecule has 1 aromatic carbocycles. The van der Waals surface area contributed by atoms with Crippen molar-refractivity contribution in [3.05, 3.63) is 46.7 Å². The second-order valence-corrected chi connectivity index (χ2v) is 10.3. The maximum atomic E-state index is 13.3. The van der Waals surface area contributed by atoms with E-state index in [0.29, 0.717) is 43.6 Å². The van der Waals surface area contributed by atoms with Crippen molar-refractivity contribution in [1.82, 2.24) is 24.5 Å². The molecule has 7 nitrogen and oxygen atoms in total. The fraction of sp³-hybridized carbons (Fsp3) is 0.480. The lowest BCUT2D eigenvalue weighted by atomic mass is 10.0. The molecule has 2 aromatic heterocycles. The van der Waals surface area contributed by atoms with Gasteiger partial charge in [-0.3, -0.25) is 14.5 Å². The Morgan fingerprint density at radius 2 is 1.82 bits per heavy atom. The van der Waals surface area contributed by atoms with Gasteiger partial charge < -0.3 is 9.80 Å². The van der Waals surface area contributed by atoms with Gasteiger partial charge in [0.25, 0.3) is 5.91 Å². The first-order valence-electron chi connectivity index (χ1n) is 12.0. The molecule has 5 rings (SSSR count). The Balaban J connectivity index is 1.24. The molecule has 0 aliphatic carbocycles. The third kappa shape index (κ3) is 4.46. The molecular weight excluding hydrogens is 453 g/mol. The Morgan fingerprint density at radius 1 is 1.09 bits per heavy atom. The van der Waals surface area contributed by atoms with Crippen LogP contribution in [0.3, 0.4) is 0 Å². The highest BCUT2D eigenvalue weighted by atomic mass is 32.1. The normalized spacial score (nSPS) is 19.7. The number of carbonyl (C=O) groups is 2.